The van der Waals surface area contributed by atoms with Crippen LogP contribution in [0.4, 0.5) is 4.79 Å². The summed E-state index contributed by atoms with van der Waals surface area (Å²) in [5.74, 6) is -0.858. The van der Waals surface area contributed by atoms with Gasteiger partial charge in [-0.05, 0) is 5.56 Å². The van der Waals surface area contributed by atoms with Crippen molar-refractivity contribution in [3.05, 3.63) is 41.1 Å². The summed E-state index contributed by atoms with van der Waals surface area (Å²) >= 11 is 0. The Bertz CT molecular complexity index is 439. The highest BCUT2D eigenvalue weighted by Crippen LogP contribution is 2.09. The molecule has 0 bridgehead atoms. The Morgan fingerprint density at radius 3 is 2.40 bits per heavy atom. The van der Waals surface area contributed by atoms with Crippen LogP contribution in [0.15, 0.2) is 35.3 Å². The fraction of sp³-hybridized carbons (Fsp3) is 0.100. The predicted octanol–water partition coefficient (Wildman–Crippen LogP) is 1.13. The summed E-state index contributed by atoms with van der Waals surface area (Å²) in [6, 6.07) is 8.03. The van der Waals surface area contributed by atoms with Gasteiger partial charge in [-0.25, -0.2) is 4.79 Å². The van der Waals surface area contributed by atoms with E-state index in [1.54, 1.807) is 12.1 Å². The van der Waals surface area contributed by atoms with E-state index in [4.69, 9.17) is 0 Å². The van der Waals surface area contributed by atoms with Gasteiger partial charge in [0, 0.05) is 6.42 Å². The molecule has 0 fully saturated rings. The summed E-state index contributed by atoms with van der Waals surface area (Å²) in [4.78, 5) is 25.4. The molecule has 1 aromatic carbocycles. The Morgan fingerprint density at radius 1 is 1.20 bits per heavy atom. The molecule has 0 radical (unpaired) electrons. The van der Waals surface area contributed by atoms with E-state index < -0.39 is 11.9 Å². The Morgan fingerprint density at radius 2 is 1.87 bits per heavy atom. The molecule has 1 aliphatic heterocycles. The highest BCUT2D eigenvalue weighted by atomic mass is 16.5. The van der Waals surface area contributed by atoms with Gasteiger partial charge >= 0.3 is 6.03 Å². The fourth-order valence-corrected chi connectivity index (χ4v) is 1.32. The molecule has 0 saturated carbocycles. The van der Waals surface area contributed by atoms with E-state index >= 15 is 0 Å². The highest BCUT2D eigenvalue weighted by Gasteiger charge is 2.25. The number of hydrogen-bond donors (Lipinski definition) is 0. The molecule has 76 valence electrons. The van der Waals surface area contributed by atoms with Crippen LogP contribution in [0.2, 0.25) is 0 Å². The third-order valence-electron chi connectivity index (χ3n) is 2.05. The van der Waals surface area contributed by atoms with E-state index in [1.165, 1.54) is 0 Å². The summed E-state index contributed by atoms with van der Waals surface area (Å²) < 4.78 is 0. The van der Waals surface area contributed by atoms with E-state index in [9.17, 15) is 14.8 Å². The number of urea groups is 1. The Labute approximate surface area is 85.6 Å². The number of hydroxylamine groups is 2. The molecule has 0 aromatic heterocycles. The van der Waals surface area contributed by atoms with Crippen LogP contribution in [0.5, 0.6) is 0 Å². The number of amides is 3. The zero-order chi connectivity index (χ0) is 10.8. The molecule has 0 N–H and O–H groups in total. The van der Waals surface area contributed by atoms with E-state index in [-0.39, 0.29) is 17.2 Å². The average Bonchev–Trinajstić information content (AvgIpc) is 2.48. The Hall–Kier alpha value is -2.01. The SMILES string of the molecule is O=C1N=C(Cc2ccccc2)C(=O)N1[O-]. The smallest absolute Gasteiger partial charge is 0.340 e. The monoisotopic (exact) mass is 203 g/mol. The first-order valence-electron chi connectivity index (χ1n) is 4.35. The molecule has 1 aliphatic rings. The molecular weight excluding hydrogens is 196 g/mol. The lowest BCUT2D eigenvalue weighted by molar-refractivity contribution is -0.118. The largest absolute Gasteiger partial charge is 0.748 e. The normalized spacial score (nSPS) is 15.8. The Kier molecular flexibility index (Phi) is 2.31. The molecule has 0 atom stereocenters. The van der Waals surface area contributed by atoms with Gasteiger partial charge in [0.25, 0.3) is 5.91 Å². The van der Waals surface area contributed by atoms with Crippen molar-refractivity contribution in [2.45, 2.75) is 6.42 Å². The van der Waals surface area contributed by atoms with Crippen LogP contribution in [-0.2, 0) is 11.2 Å². The van der Waals surface area contributed by atoms with Crippen LogP contribution in [-0.4, -0.2) is 22.7 Å². The van der Waals surface area contributed by atoms with E-state index in [0.717, 1.165) is 5.56 Å². The predicted molar refractivity (Wildman–Crippen MR) is 53.2 cm³/mol. The van der Waals surface area contributed by atoms with Gasteiger partial charge in [0.2, 0.25) is 0 Å². The van der Waals surface area contributed by atoms with Crippen molar-refractivity contribution < 1.29 is 9.59 Å². The third kappa shape index (κ3) is 1.77. The van der Waals surface area contributed by atoms with Gasteiger partial charge in [-0.2, -0.15) is 4.99 Å². The molecular formula is C10H7N2O3-. The van der Waals surface area contributed by atoms with Crippen LogP contribution in [0.25, 0.3) is 0 Å². The Balaban J connectivity index is 2.18. The van der Waals surface area contributed by atoms with Crippen LogP contribution < -0.4 is 0 Å². The van der Waals surface area contributed by atoms with E-state index in [1.807, 2.05) is 18.2 Å². The standard InChI is InChI=1S/C10H7N2O3/c13-9-8(11-10(14)12(9)15)6-7-4-2-1-3-5-7/h1-5H,6H2/q-1. The van der Waals surface area contributed by atoms with Gasteiger partial charge in [0.15, 0.2) is 0 Å². The van der Waals surface area contributed by atoms with E-state index in [0.29, 0.717) is 0 Å². The van der Waals surface area contributed by atoms with Gasteiger partial charge in [-0.1, -0.05) is 30.3 Å². The molecule has 5 nitrogen and oxygen atoms in total. The zero-order valence-corrected chi connectivity index (χ0v) is 7.71. The molecule has 5 heteroatoms. The summed E-state index contributed by atoms with van der Waals surface area (Å²) in [6.07, 6.45) is 0.212. The van der Waals surface area contributed by atoms with Gasteiger partial charge < -0.3 is 10.3 Å². The minimum Gasteiger partial charge on any atom is -0.748 e. The van der Waals surface area contributed by atoms with E-state index in [2.05, 4.69) is 4.99 Å². The van der Waals surface area contributed by atoms with Crippen molar-refractivity contribution in [2.75, 3.05) is 0 Å². The number of imide groups is 1. The third-order valence-corrected chi connectivity index (χ3v) is 2.05. The second kappa shape index (κ2) is 3.62. The summed E-state index contributed by atoms with van der Waals surface area (Å²) in [6.45, 7) is 0. The van der Waals surface area contributed by atoms with Crippen LogP contribution in [0, 0.1) is 5.21 Å². The first-order valence-corrected chi connectivity index (χ1v) is 4.35. The minimum absolute atomic E-state index is 0.00111. The second-order valence-electron chi connectivity index (χ2n) is 3.10. The minimum atomic E-state index is -1.04. The van der Waals surface area contributed by atoms with Crippen LogP contribution in [0.3, 0.4) is 0 Å². The molecule has 15 heavy (non-hydrogen) atoms. The number of carbonyl (C=O) groups is 2. The number of hydrogen-bond acceptors (Lipinski definition) is 3. The molecule has 0 spiro atoms. The molecule has 3 amide bonds. The van der Waals surface area contributed by atoms with Gasteiger partial charge in [0.1, 0.15) is 5.71 Å². The molecule has 0 saturated heterocycles. The molecule has 1 heterocycles. The van der Waals surface area contributed by atoms with Crippen LogP contribution >= 0.6 is 0 Å². The highest BCUT2D eigenvalue weighted by molar-refractivity contribution is 6.46. The maximum atomic E-state index is 11.2. The first kappa shape index (κ1) is 9.54. The summed E-state index contributed by atoms with van der Waals surface area (Å²) in [5.41, 5.74) is 0.842. The van der Waals surface area contributed by atoms with Crippen LogP contribution in [0.1, 0.15) is 5.56 Å². The fourth-order valence-electron chi connectivity index (χ4n) is 1.32. The lowest BCUT2D eigenvalue weighted by Crippen LogP contribution is -2.27. The van der Waals surface area contributed by atoms with Crippen molar-refractivity contribution in [3.63, 3.8) is 0 Å². The first-order chi connectivity index (χ1) is 7.18. The van der Waals surface area contributed by atoms with Crippen molar-refractivity contribution in [1.29, 1.82) is 0 Å². The van der Waals surface area contributed by atoms with Crippen molar-refractivity contribution in [3.8, 4) is 0 Å². The molecule has 2 rings (SSSR count). The number of nitrogens with zero attached hydrogens (tertiary/aromatic N) is 2. The summed E-state index contributed by atoms with van der Waals surface area (Å²) in [5, 5.41) is 10.6. The quantitative estimate of drug-likeness (QED) is 0.723. The molecule has 0 unspecified atom stereocenters. The topological polar surface area (TPSA) is 72.8 Å². The van der Waals surface area contributed by atoms with Gasteiger partial charge in [-0.3, -0.25) is 4.79 Å². The van der Waals surface area contributed by atoms with Crippen molar-refractivity contribution in [2.24, 2.45) is 4.99 Å². The average molecular weight is 203 g/mol. The van der Waals surface area contributed by atoms with Gasteiger partial charge in [0.05, 0.1) is 0 Å². The second-order valence-corrected chi connectivity index (χ2v) is 3.10. The lowest BCUT2D eigenvalue weighted by Gasteiger charge is -2.16. The number of benzene rings is 1. The van der Waals surface area contributed by atoms with Gasteiger partial charge in [-0.15, -0.1) is 0 Å². The molecule has 0 aliphatic carbocycles. The lowest BCUT2D eigenvalue weighted by atomic mass is 10.1. The number of carbonyl (C=O) groups excluding carboxylic acids is 2. The number of aliphatic imine (C=N–C) groups is 1. The maximum Gasteiger partial charge on any atom is 0.340 e. The summed E-state index contributed by atoms with van der Waals surface area (Å²) in [7, 11) is 0. The van der Waals surface area contributed by atoms with Crippen molar-refractivity contribution >= 4 is 17.6 Å². The van der Waals surface area contributed by atoms with Crippen molar-refractivity contribution in [1.82, 2.24) is 5.06 Å². The number of rotatable bonds is 2. The molecule has 1 aromatic rings. The maximum absolute atomic E-state index is 11.2. The zero-order valence-electron chi connectivity index (χ0n) is 7.71.